The lowest BCUT2D eigenvalue weighted by Crippen LogP contribution is -2.56. The molecule has 2 aromatic rings. The summed E-state index contributed by atoms with van der Waals surface area (Å²) >= 11 is 1.41. The summed E-state index contributed by atoms with van der Waals surface area (Å²) in [5.41, 5.74) is -0.393. The van der Waals surface area contributed by atoms with Gasteiger partial charge in [-0.2, -0.15) is 0 Å². The molecule has 0 radical (unpaired) electrons. The van der Waals surface area contributed by atoms with Crippen LogP contribution in [0, 0.1) is 5.41 Å². The van der Waals surface area contributed by atoms with Gasteiger partial charge in [0.25, 0.3) is 17.7 Å². The first-order valence-electron chi connectivity index (χ1n) is 14.2. The number of carbonyl (C=O) groups is 4. The van der Waals surface area contributed by atoms with E-state index in [9.17, 15) is 19.2 Å². The second kappa shape index (κ2) is 10.4. The number of fused-ring (bicyclic) bond motifs is 2. The van der Waals surface area contributed by atoms with Gasteiger partial charge in [-0.1, -0.05) is 18.2 Å². The first-order valence-corrected chi connectivity index (χ1v) is 15.0. The Hall–Kier alpha value is -3.18. The van der Waals surface area contributed by atoms with Crippen molar-refractivity contribution in [2.45, 2.75) is 51.5 Å². The summed E-state index contributed by atoms with van der Waals surface area (Å²) in [7, 11) is 0. The van der Waals surface area contributed by atoms with E-state index in [0.29, 0.717) is 56.3 Å². The molecule has 39 heavy (non-hydrogen) atoms. The van der Waals surface area contributed by atoms with Crippen molar-refractivity contribution in [3.8, 4) is 0 Å². The van der Waals surface area contributed by atoms with Crippen LogP contribution in [0.25, 0.3) is 10.1 Å². The third-order valence-electron chi connectivity index (χ3n) is 8.73. The highest BCUT2D eigenvalue weighted by molar-refractivity contribution is 7.23. The van der Waals surface area contributed by atoms with Crippen molar-refractivity contribution in [3.63, 3.8) is 0 Å². The Morgan fingerprint density at radius 3 is 2.36 bits per heavy atom. The Labute approximate surface area is 232 Å². The lowest BCUT2D eigenvalue weighted by atomic mass is 9.78. The number of piperidine rings is 2. The van der Waals surface area contributed by atoms with Gasteiger partial charge >= 0.3 is 6.03 Å². The normalized spacial score (nSPS) is 22.0. The fourth-order valence-corrected chi connectivity index (χ4v) is 7.86. The highest BCUT2D eigenvalue weighted by Gasteiger charge is 2.60. The lowest BCUT2D eigenvalue weighted by molar-refractivity contribution is -0.150. The van der Waals surface area contributed by atoms with Crippen LogP contribution in [0.15, 0.2) is 24.3 Å². The van der Waals surface area contributed by atoms with Crippen molar-refractivity contribution >= 4 is 50.2 Å². The predicted molar refractivity (Wildman–Crippen MR) is 149 cm³/mol. The molecule has 5 heterocycles. The van der Waals surface area contributed by atoms with E-state index >= 15 is 0 Å². The third-order valence-corrected chi connectivity index (χ3v) is 9.82. The number of nitrogens with zero attached hydrogens (tertiary/aromatic N) is 4. The molecule has 0 bridgehead atoms. The van der Waals surface area contributed by atoms with Gasteiger partial charge in [0, 0.05) is 55.4 Å². The average molecular weight is 553 g/mol. The van der Waals surface area contributed by atoms with E-state index < -0.39 is 5.41 Å². The van der Waals surface area contributed by atoms with Crippen LogP contribution in [-0.4, -0.2) is 95.4 Å². The van der Waals surface area contributed by atoms with Gasteiger partial charge in [-0.3, -0.25) is 34.6 Å². The van der Waals surface area contributed by atoms with Crippen molar-refractivity contribution in [1.29, 1.82) is 0 Å². The molecule has 2 N–H and O–H groups in total. The van der Waals surface area contributed by atoms with Crippen LogP contribution >= 0.6 is 11.3 Å². The van der Waals surface area contributed by atoms with E-state index in [1.807, 2.05) is 36.1 Å². The predicted octanol–water partition coefficient (Wildman–Crippen LogP) is 3.11. The first-order chi connectivity index (χ1) is 18.9. The summed E-state index contributed by atoms with van der Waals surface area (Å²) in [6.45, 7) is 6.17. The van der Waals surface area contributed by atoms with Gasteiger partial charge < -0.3 is 10.2 Å². The summed E-state index contributed by atoms with van der Waals surface area (Å²) in [6, 6.07) is 7.65. The zero-order chi connectivity index (χ0) is 27.1. The molecule has 0 aliphatic carbocycles. The van der Waals surface area contributed by atoms with Crippen LogP contribution in [0.2, 0.25) is 0 Å². The van der Waals surface area contributed by atoms with Gasteiger partial charge in [-0.15, -0.1) is 11.3 Å². The molecular formula is C28H36N6O4S. The number of benzene rings is 1. The van der Waals surface area contributed by atoms with Gasteiger partial charge in [-0.05, 0) is 58.1 Å². The van der Waals surface area contributed by atoms with Crippen LogP contribution in [0.3, 0.4) is 0 Å². The number of hydrazine groups is 1. The number of rotatable bonds is 4. The van der Waals surface area contributed by atoms with Gasteiger partial charge in [0.1, 0.15) is 10.4 Å². The fraction of sp³-hybridized carbons (Fsp3) is 0.571. The van der Waals surface area contributed by atoms with Crippen molar-refractivity contribution in [2.24, 2.45) is 5.41 Å². The number of likely N-dealkylation sites (tertiary alicyclic amines) is 2. The molecule has 4 fully saturated rings. The quantitative estimate of drug-likeness (QED) is 0.567. The second-order valence-electron chi connectivity index (χ2n) is 11.0. The Kier molecular flexibility index (Phi) is 6.96. The van der Waals surface area contributed by atoms with E-state index in [2.05, 4.69) is 15.5 Å². The number of hydrogen-bond donors (Lipinski definition) is 2. The smallest absolute Gasteiger partial charge is 0.319 e. The summed E-state index contributed by atoms with van der Waals surface area (Å²) in [5.74, 6) is -0.0967. The van der Waals surface area contributed by atoms with Crippen molar-refractivity contribution < 1.29 is 19.2 Å². The standard InChI is InChI=1S/C28H36N6O4S/c1-2-29-27(38)30-23-22(20-8-3-4-9-21(20)39-23)24(35)31-16-10-19(11-17-31)32-13-7-12-28(18-32)25(36)33-14-5-6-15-34(33)26(28)37/h3-4,8-9,19H,2,5-7,10-18H2,1H3,(H2,29,30,38). The summed E-state index contributed by atoms with van der Waals surface area (Å²) < 4.78 is 0.957. The molecule has 4 aliphatic heterocycles. The number of urea groups is 1. The van der Waals surface area contributed by atoms with Gasteiger partial charge in [-0.25, -0.2) is 4.79 Å². The monoisotopic (exact) mass is 552 g/mol. The van der Waals surface area contributed by atoms with Crippen molar-refractivity contribution in [3.05, 3.63) is 29.8 Å². The number of thiophene rings is 1. The topological polar surface area (TPSA) is 105 Å². The zero-order valence-electron chi connectivity index (χ0n) is 22.4. The Morgan fingerprint density at radius 2 is 1.67 bits per heavy atom. The van der Waals surface area contributed by atoms with E-state index in [1.54, 1.807) is 10.0 Å². The highest BCUT2D eigenvalue weighted by Crippen LogP contribution is 2.42. The molecule has 1 spiro atoms. The largest absolute Gasteiger partial charge is 0.338 e. The van der Waals surface area contributed by atoms with Gasteiger partial charge in [0.15, 0.2) is 0 Å². The molecule has 1 aromatic heterocycles. The zero-order valence-corrected chi connectivity index (χ0v) is 23.2. The first kappa shape index (κ1) is 26.1. The molecule has 208 valence electrons. The van der Waals surface area contributed by atoms with E-state index in [4.69, 9.17) is 0 Å². The molecule has 4 aliphatic rings. The van der Waals surface area contributed by atoms with Crippen LogP contribution in [-0.2, 0) is 9.59 Å². The fourth-order valence-electron chi connectivity index (χ4n) is 6.77. The van der Waals surface area contributed by atoms with Gasteiger partial charge in [0.2, 0.25) is 0 Å². The molecule has 5 amide bonds. The molecule has 4 saturated heterocycles. The number of hydrogen-bond acceptors (Lipinski definition) is 6. The lowest BCUT2D eigenvalue weighted by Gasteiger charge is -2.44. The van der Waals surface area contributed by atoms with Crippen LogP contribution in [0.4, 0.5) is 9.80 Å². The third kappa shape index (κ3) is 4.45. The maximum atomic E-state index is 13.8. The van der Waals surface area contributed by atoms with Crippen LogP contribution < -0.4 is 10.6 Å². The molecule has 6 rings (SSSR count). The number of nitrogens with one attached hydrogen (secondary N) is 2. The summed E-state index contributed by atoms with van der Waals surface area (Å²) in [5, 5.41) is 10.4. The summed E-state index contributed by atoms with van der Waals surface area (Å²) in [4.78, 5) is 57.2. The van der Waals surface area contributed by atoms with Crippen LogP contribution in [0.5, 0.6) is 0 Å². The summed E-state index contributed by atoms with van der Waals surface area (Å²) in [6.07, 6.45) is 4.92. The number of amides is 5. The molecule has 10 nitrogen and oxygen atoms in total. The maximum absolute atomic E-state index is 13.8. The number of anilines is 1. The molecular weight excluding hydrogens is 516 g/mol. The Morgan fingerprint density at radius 1 is 0.974 bits per heavy atom. The molecule has 0 unspecified atom stereocenters. The maximum Gasteiger partial charge on any atom is 0.319 e. The molecule has 1 aromatic carbocycles. The number of carbonyl (C=O) groups excluding carboxylic acids is 4. The molecule has 0 saturated carbocycles. The van der Waals surface area contributed by atoms with E-state index in [-0.39, 0.29) is 29.8 Å². The van der Waals surface area contributed by atoms with Crippen molar-refractivity contribution in [1.82, 2.24) is 25.1 Å². The van der Waals surface area contributed by atoms with Crippen LogP contribution in [0.1, 0.15) is 55.8 Å². The highest BCUT2D eigenvalue weighted by atomic mass is 32.1. The minimum absolute atomic E-state index is 0.0130. The van der Waals surface area contributed by atoms with E-state index in [1.165, 1.54) is 11.3 Å². The molecule has 11 heteroatoms. The Balaban J connectivity index is 1.15. The van der Waals surface area contributed by atoms with Gasteiger partial charge in [0.05, 0.1) is 5.56 Å². The molecule has 0 atom stereocenters. The SMILES string of the molecule is CCNC(=O)Nc1sc2ccccc2c1C(=O)N1CCC(N2CCCC3(C2)C(=O)N2CCCCN2C3=O)CC1. The average Bonchev–Trinajstić information content (AvgIpc) is 3.42. The minimum Gasteiger partial charge on any atom is -0.338 e. The van der Waals surface area contributed by atoms with Crippen molar-refractivity contribution in [2.75, 3.05) is 51.1 Å². The Bertz CT molecular complexity index is 1280. The minimum atomic E-state index is -0.940. The second-order valence-corrected chi connectivity index (χ2v) is 12.1. The van der Waals surface area contributed by atoms with E-state index in [0.717, 1.165) is 48.7 Å².